The Morgan fingerprint density at radius 1 is 0.962 bits per heavy atom. The van der Waals surface area contributed by atoms with Crippen LogP contribution < -0.4 is 0 Å². The lowest BCUT2D eigenvalue weighted by Gasteiger charge is -2.19. The number of carbonyl (C=O) groups is 2. The summed E-state index contributed by atoms with van der Waals surface area (Å²) >= 11 is 0. The second kappa shape index (κ2) is 9.82. The predicted octanol–water partition coefficient (Wildman–Crippen LogP) is 0.508. The second-order valence-electron chi connectivity index (χ2n) is 6.64. The Bertz CT molecular complexity index is 543. The maximum atomic E-state index is 11.6. The number of carbonyl (C=O) groups excluding carboxylic acids is 2. The summed E-state index contributed by atoms with van der Waals surface area (Å²) in [5.74, 6) is -1.11. The fourth-order valence-corrected chi connectivity index (χ4v) is 2.27. The van der Waals surface area contributed by atoms with Crippen LogP contribution in [0.3, 0.4) is 0 Å². The zero-order valence-corrected chi connectivity index (χ0v) is 15.6. The van der Waals surface area contributed by atoms with Gasteiger partial charge in [-0.3, -0.25) is 0 Å². The van der Waals surface area contributed by atoms with Gasteiger partial charge in [0, 0.05) is 0 Å². The van der Waals surface area contributed by atoms with Gasteiger partial charge in [-0.2, -0.15) is 0 Å². The molecule has 2 rings (SSSR count). The van der Waals surface area contributed by atoms with Gasteiger partial charge in [0.15, 0.2) is 12.2 Å². The van der Waals surface area contributed by atoms with Crippen molar-refractivity contribution in [1.82, 2.24) is 0 Å². The van der Waals surface area contributed by atoms with E-state index in [4.69, 9.17) is 24.4 Å². The van der Waals surface area contributed by atoms with Crippen LogP contribution in [0.5, 0.6) is 0 Å². The molecule has 8 nitrogen and oxygen atoms in total. The van der Waals surface area contributed by atoms with Crippen LogP contribution >= 0.6 is 0 Å². The molecule has 26 heavy (non-hydrogen) atoms. The SMILES string of the molecule is C=C(C)CO[C@H]1[C@H](C)OC(=O)[C@@H]1OCC(=C)C.C[C@@H]1OC(=O)[C@H](O)[C@H]1O. The van der Waals surface area contributed by atoms with Gasteiger partial charge in [0.2, 0.25) is 0 Å². The van der Waals surface area contributed by atoms with E-state index in [2.05, 4.69) is 17.9 Å². The highest BCUT2D eigenvalue weighted by Gasteiger charge is 2.44. The molecule has 0 aromatic carbocycles. The fourth-order valence-electron chi connectivity index (χ4n) is 2.27. The lowest BCUT2D eigenvalue weighted by atomic mass is 10.1. The van der Waals surface area contributed by atoms with Crippen molar-refractivity contribution in [2.24, 2.45) is 0 Å². The van der Waals surface area contributed by atoms with Gasteiger partial charge in [-0.05, 0) is 27.7 Å². The molecule has 148 valence electrons. The van der Waals surface area contributed by atoms with E-state index in [1.807, 2.05) is 13.8 Å². The molecular weight excluding hydrogens is 344 g/mol. The summed E-state index contributed by atoms with van der Waals surface area (Å²) in [7, 11) is 0. The van der Waals surface area contributed by atoms with E-state index in [0.29, 0.717) is 13.2 Å². The maximum absolute atomic E-state index is 11.6. The minimum absolute atomic E-state index is 0.294. The molecule has 0 aromatic rings. The Kier molecular flexibility index (Phi) is 8.42. The van der Waals surface area contributed by atoms with Crippen LogP contribution in [0, 0.1) is 0 Å². The molecule has 6 atom stereocenters. The first-order valence-electron chi connectivity index (χ1n) is 8.33. The highest BCUT2D eigenvalue weighted by atomic mass is 16.6. The van der Waals surface area contributed by atoms with Crippen LogP contribution in [-0.2, 0) is 28.5 Å². The molecule has 0 radical (unpaired) electrons. The number of aliphatic hydroxyl groups excluding tert-OH is 2. The third kappa shape index (κ3) is 6.21. The summed E-state index contributed by atoms with van der Waals surface area (Å²) in [6, 6.07) is 0. The van der Waals surface area contributed by atoms with Gasteiger partial charge in [0.05, 0.1) is 13.2 Å². The van der Waals surface area contributed by atoms with Crippen molar-refractivity contribution in [1.29, 1.82) is 0 Å². The molecule has 0 amide bonds. The van der Waals surface area contributed by atoms with Crippen molar-refractivity contribution in [2.75, 3.05) is 13.2 Å². The number of hydrogen-bond donors (Lipinski definition) is 2. The second-order valence-corrected chi connectivity index (χ2v) is 6.64. The van der Waals surface area contributed by atoms with E-state index in [1.54, 1.807) is 6.92 Å². The molecule has 0 aliphatic carbocycles. The van der Waals surface area contributed by atoms with Gasteiger partial charge in [0.1, 0.15) is 24.4 Å². The van der Waals surface area contributed by atoms with Gasteiger partial charge >= 0.3 is 11.9 Å². The average Bonchev–Trinajstić information content (AvgIpc) is 2.93. The number of hydrogen-bond acceptors (Lipinski definition) is 8. The first-order chi connectivity index (χ1) is 12.0. The summed E-state index contributed by atoms with van der Waals surface area (Å²) in [5.41, 5.74) is 1.76. The smallest absolute Gasteiger partial charge is 0.338 e. The predicted molar refractivity (Wildman–Crippen MR) is 92.2 cm³/mol. The molecule has 2 aliphatic heterocycles. The number of cyclic esters (lactones) is 2. The topological polar surface area (TPSA) is 112 Å². The molecule has 2 N–H and O–H groups in total. The molecule has 0 unspecified atom stereocenters. The van der Waals surface area contributed by atoms with Crippen molar-refractivity contribution in [3.63, 3.8) is 0 Å². The molecule has 2 fully saturated rings. The highest BCUT2D eigenvalue weighted by Crippen LogP contribution is 2.22. The van der Waals surface area contributed by atoms with Crippen molar-refractivity contribution in [3.05, 3.63) is 24.3 Å². The van der Waals surface area contributed by atoms with Crippen LogP contribution in [-0.4, -0.2) is 72.0 Å². The summed E-state index contributed by atoms with van der Waals surface area (Å²) in [6.45, 7) is 15.2. The zero-order valence-electron chi connectivity index (χ0n) is 15.6. The number of ether oxygens (including phenoxy) is 4. The first kappa shape index (κ1) is 22.3. The molecule has 0 aromatic heterocycles. The van der Waals surface area contributed by atoms with Crippen molar-refractivity contribution >= 4 is 11.9 Å². The third-order valence-corrected chi connectivity index (χ3v) is 3.67. The van der Waals surface area contributed by atoms with Crippen molar-refractivity contribution in [3.8, 4) is 0 Å². The van der Waals surface area contributed by atoms with Crippen molar-refractivity contribution < 1.29 is 38.7 Å². The van der Waals surface area contributed by atoms with E-state index in [0.717, 1.165) is 11.1 Å². The molecule has 0 spiro atoms. The molecule has 2 heterocycles. The molecule has 2 saturated heterocycles. The first-order valence-corrected chi connectivity index (χ1v) is 8.33. The number of esters is 2. The number of aliphatic hydroxyl groups is 2. The largest absolute Gasteiger partial charge is 0.458 e. The minimum atomic E-state index is -1.35. The molecule has 8 heteroatoms. The molecule has 2 aliphatic rings. The molecule has 0 bridgehead atoms. The summed E-state index contributed by atoms with van der Waals surface area (Å²) in [5, 5.41) is 17.6. The minimum Gasteiger partial charge on any atom is -0.458 e. The van der Waals surface area contributed by atoms with Gasteiger partial charge < -0.3 is 29.2 Å². The van der Waals surface area contributed by atoms with Gasteiger partial charge in [-0.1, -0.05) is 24.3 Å². The monoisotopic (exact) mass is 372 g/mol. The summed E-state index contributed by atoms with van der Waals surface area (Å²) in [6.07, 6.45) is -4.32. The van der Waals surface area contributed by atoms with Crippen LogP contribution in [0.1, 0.15) is 27.7 Å². The molecule has 0 saturated carbocycles. The summed E-state index contributed by atoms with van der Waals surface area (Å²) in [4.78, 5) is 21.9. The fraction of sp³-hybridized carbons (Fsp3) is 0.667. The maximum Gasteiger partial charge on any atom is 0.338 e. The standard InChI is InChI=1S/C13H20O4.C5H8O4/c1-8(2)6-15-11-10(5)17-13(14)12(11)16-7-9(3)4;1-2-3(6)4(7)5(8)9-2/h10-12H,1,3,6-7H2,2,4-5H3;2-4,6-7H,1H3/t10-,11-,12+;2-,3-,4+/m00/s1. The Morgan fingerprint density at radius 2 is 1.46 bits per heavy atom. The molecular formula is C18H28O8. The van der Waals surface area contributed by atoms with Crippen LogP contribution in [0.15, 0.2) is 24.3 Å². The van der Waals surface area contributed by atoms with E-state index in [-0.39, 0.29) is 18.2 Å². The van der Waals surface area contributed by atoms with Crippen LogP contribution in [0.4, 0.5) is 0 Å². The van der Waals surface area contributed by atoms with E-state index >= 15 is 0 Å². The van der Waals surface area contributed by atoms with Gasteiger partial charge in [-0.25, -0.2) is 9.59 Å². The Labute approximate surface area is 153 Å². The normalized spacial score (nSPS) is 33.2. The highest BCUT2D eigenvalue weighted by molar-refractivity contribution is 5.78. The summed E-state index contributed by atoms with van der Waals surface area (Å²) < 4.78 is 20.6. The van der Waals surface area contributed by atoms with E-state index in [9.17, 15) is 9.59 Å². The van der Waals surface area contributed by atoms with Gasteiger partial charge in [0.25, 0.3) is 0 Å². The average molecular weight is 372 g/mol. The van der Waals surface area contributed by atoms with Crippen LogP contribution in [0.2, 0.25) is 0 Å². The Balaban J connectivity index is 0.000000314. The lowest BCUT2D eigenvalue weighted by molar-refractivity contribution is -0.149. The van der Waals surface area contributed by atoms with Crippen molar-refractivity contribution in [2.45, 2.75) is 64.3 Å². The van der Waals surface area contributed by atoms with E-state index < -0.39 is 30.4 Å². The quantitative estimate of drug-likeness (QED) is 0.512. The van der Waals surface area contributed by atoms with Crippen LogP contribution in [0.25, 0.3) is 0 Å². The zero-order chi connectivity index (χ0) is 20.0. The van der Waals surface area contributed by atoms with E-state index in [1.165, 1.54) is 6.92 Å². The lowest BCUT2D eigenvalue weighted by Crippen LogP contribution is -2.36. The Morgan fingerprint density at radius 3 is 1.85 bits per heavy atom. The number of rotatable bonds is 6. The third-order valence-electron chi connectivity index (χ3n) is 3.67. The Hall–Kier alpha value is -1.74. The van der Waals surface area contributed by atoms with Gasteiger partial charge in [-0.15, -0.1) is 0 Å².